The van der Waals surface area contributed by atoms with Crippen LogP contribution in [0, 0.1) is 0 Å². The smallest absolute Gasteiger partial charge is 0.395 e. The summed E-state index contributed by atoms with van der Waals surface area (Å²) >= 11 is 7.88. The van der Waals surface area contributed by atoms with Crippen LogP contribution in [0.2, 0.25) is 5.02 Å². The van der Waals surface area contributed by atoms with Gasteiger partial charge in [0, 0.05) is 29.2 Å². The number of nitrogens with zero attached hydrogens (tertiary/aromatic N) is 2. The van der Waals surface area contributed by atoms with Crippen molar-refractivity contribution in [1.29, 1.82) is 0 Å². The molecule has 0 radical (unpaired) electrons. The van der Waals surface area contributed by atoms with Gasteiger partial charge in [-0.05, 0) is 48.6 Å². The summed E-state index contributed by atoms with van der Waals surface area (Å²) in [6, 6.07) is 11.8. The Labute approximate surface area is 214 Å². The van der Waals surface area contributed by atoms with E-state index in [1.165, 1.54) is 23.5 Å². The molecule has 2 atom stereocenters. The number of aromatic nitrogens is 1. The number of carbonyl (C=O) groups excluding carboxylic acids is 1. The summed E-state index contributed by atoms with van der Waals surface area (Å²) in [5, 5.41) is 14.1. The van der Waals surface area contributed by atoms with Gasteiger partial charge in [0.15, 0.2) is 16.6 Å². The molecule has 3 aromatic rings. The monoisotopic (exact) mass is 533 g/mol. The maximum Gasteiger partial charge on any atom is 0.586 e. The van der Waals surface area contributed by atoms with E-state index < -0.39 is 17.8 Å². The molecule has 2 fully saturated rings. The Balaban J connectivity index is 1.24. The molecule has 36 heavy (non-hydrogen) atoms. The third-order valence-corrected chi connectivity index (χ3v) is 8.22. The molecule has 1 aromatic heterocycles. The van der Waals surface area contributed by atoms with Gasteiger partial charge in [0.05, 0.1) is 17.6 Å². The fourth-order valence-corrected chi connectivity index (χ4v) is 6.14. The number of β-amino-alcohol motifs (C(OH)–C–C–N with tert-alkyl or cyclic N) is 1. The Morgan fingerprint density at radius 2 is 2.00 bits per heavy atom. The third kappa shape index (κ3) is 4.21. The predicted octanol–water partition coefficient (Wildman–Crippen LogP) is 4.94. The lowest BCUT2D eigenvalue weighted by atomic mass is 9.94. The van der Waals surface area contributed by atoms with Crippen molar-refractivity contribution in [1.82, 2.24) is 9.88 Å². The van der Waals surface area contributed by atoms with Gasteiger partial charge >= 0.3 is 6.29 Å². The number of aliphatic hydroxyl groups is 1. The van der Waals surface area contributed by atoms with Crippen LogP contribution in [-0.4, -0.2) is 46.4 Å². The molecule has 6 rings (SSSR count). The van der Waals surface area contributed by atoms with E-state index in [0.29, 0.717) is 48.1 Å². The van der Waals surface area contributed by atoms with Gasteiger partial charge in [0.1, 0.15) is 0 Å². The zero-order chi connectivity index (χ0) is 25.1. The summed E-state index contributed by atoms with van der Waals surface area (Å²) in [7, 11) is 0. The minimum absolute atomic E-state index is 0.0535. The number of fused-ring (bicyclic) bond motifs is 1. The van der Waals surface area contributed by atoms with Crippen molar-refractivity contribution < 1.29 is 28.2 Å². The largest absolute Gasteiger partial charge is 0.586 e. The van der Waals surface area contributed by atoms with Crippen molar-refractivity contribution in [3.8, 4) is 11.5 Å². The molecule has 2 N–H and O–H groups in total. The number of amides is 1. The van der Waals surface area contributed by atoms with Crippen LogP contribution in [0.5, 0.6) is 11.5 Å². The number of ether oxygens (including phenoxy) is 2. The van der Waals surface area contributed by atoms with E-state index in [1.54, 1.807) is 12.3 Å². The number of alkyl halides is 2. The highest BCUT2D eigenvalue weighted by atomic mass is 35.5. The van der Waals surface area contributed by atoms with Crippen LogP contribution < -0.4 is 14.8 Å². The van der Waals surface area contributed by atoms with Gasteiger partial charge in [-0.15, -0.1) is 8.78 Å². The molecule has 2 aromatic carbocycles. The zero-order valence-electron chi connectivity index (χ0n) is 18.9. The molecular weight excluding hydrogens is 512 g/mol. The number of nitrogens with one attached hydrogen (secondary N) is 1. The van der Waals surface area contributed by atoms with Crippen molar-refractivity contribution in [2.75, 3.05) is 18.4 Å². The van der Waals surface area contributed by atoms with Crippen LogP contribution in [0.1, 0.15) is 41.3 Å². The maximum absolute atomic E-state index is 13.4. The lowest BCUT2D eigenvalue weighted by molar-refractivity contribution is -0.286. The molecule has 2 aliphatic heterocycles. The molecule has 3 heterocycles. The van der Waals surface area contributed by atoms with E-state index in [9.17, 15) is 18.7 Å². The summed E-state index contributed by atoms with van der Waals surface area (Å²) in [5.41, 5.74) is 0.672. The minimum Gasteiger partial charge on any atom is -0.395 e. The highest BCUT2D eigenvalue weighted by molar-refractivity contribution is 7.15. The van der Waals surface area contributed by atoms with Crippen LogP contribution in [0.4, 0.5) is 13.9 Å². The fourth-order valence-electron chi connectivity index (χ4n) is 4.94. The first-order chi connectivity index (χ1) is 17.2. The number of benzene rings is 2. The molecule has 1 aliphatic carbocycles. The number of thiazole rings is 1. The molecule has 1 saturated carbocycles. The second kappa shape index (κ2) is 8.65. The van der Waals surface area contributed by atoms with E-state index in [1.807, 2.05) is 24.3 Å². The van der Waals surface area contributed by atoms with Crippen molar-refractivity contribution in [2.24, 2.45) is 0 Å². The summed E-state index contributed by atoms with van der Waals surface area (Å²) < 4.78 is 35.9. The van der Waals surface area contributed by atoms with Crippen LogP contribution in [0.15, 0.2) is 48.7 Å². The number of rotatable bonds is 6. The zero-order valence-corrected chi connectivity index (χ0v) is 20.5. The third-order valence-electron chi connectivity index (χ3n) is 6.91. The van der Waals surface area contributed by atoms with Gasteiger partial charge in [-0.1, -0.05) is 47.2 Å². The highest BCUT2D eigenvalue weighted by Crippen LogP contribution is 2.52. The molecular formula is C25H22ClF2N3O4S. The number of carbonyl (C=O) groups is 1. The van der Waals surface area contributed by atoms with Gasteiger partial charge in [-0.3, -0.25) is 9.69 Å². The number of hydrogen-bond donors (Lipinski definition) is 2. The average molecular weight is 534 g/mol. The van der Waals surface area contributed by atoms with Crippen molar-refractivity contribution in [3.05, 3.63) is 69.7 Å². The quantitative estimate of drug-likeness (QED) is 0.467. The SMILES string of the molecule is O=C(Nc1ncc([C@H](c2ccccc2Cl)N2CC[C@H](O)C2)s1)C1(c2ccc3c(c2)OC(F)(F)O3)CC1. The Morgan fingerprint density at radius 1 is 1.22 bits per heavy atom. The topological polar surface area (TPSA) is 83.9 Å². The van der Waals surface area contributed by atoms with Crippen LogP contribution in [-0.2, 0) is 10.2 Å². The first kappa shape index (κ1) is 23.6. The molecule has 3 aliphatic rings. The van der Waals surface area contributed by atoms with Gasteiger partial charge in [0.25, 0.3) is 0 Å². The normalized spacial score (nSPS) is 22.4. The minimum atomic E-state index is -3.71. The van der Waals surface area contributed by atoms with E-state index in [0.717, 1.165) is 10.4 Å². The van der Waals surface area contributed by atoms with Crippen LogP contribution in [0.3, 0.4) is 0 Å². The van der Waals surface area contributed by atoms with Crippen LogP contribution in [0.25, 0.3) is 0 Å². The first-order valence-corrected chi connectivity index (χ1v) is 12.8. The molecule has 188 valence electrons. The summed E-state index contributed by atoms with van der Waals surface area (Å²) in [4.78, 5) is 20.8. The molecule has 7 nitrogen and oxygen atoms in total. The van der Waals surface area contributed by atoms with E-state index in [2.05, 4.69) is 24.7 Å². The summed E-state index contributed by atoms with van der Waals surface area (Å²) in [6.45, 7) is 1.23. The standard InChI is InChI=1S/C25H22ClF2N3O4S/c26-17-4-2-1-3-16(17)21(31-10-7-15(32)13-31)20-12-29-23(36-20)30-22(33)24(8-9-24)14-5-6-18-19(11-14)35-25(27,28)34-18/h1-6,11-12,15,21,32H,7-10,13H2,(H,29,30,33)/t15-,21-/m0/s1. The van der Waals surface area contributed by atoms with Crippen LogP contribution >= 0.6 is 22.9 Å². The van der Waals surface area contributed by atoms with Crippen molar-refractivity contribution in [3.63, 3.8) is 0 Å². The second-order valence-electron chi connectivity index (χ2n) is 9.29. The molecule has 1 amide bonds. The van der Waals surface area contributed by atoms with Gasteiger partial charge in [0.2, 0.25) is 5.91 Å². The van der Waals surface area contributed by atoms with Crippen molar-refractivity contribution >= 4 is 34.0 Å². The number of hydrogen-bond acceptors (Lipinski definition) is 7. The molecule has 11 heteroatoms. The van der Waals surface area contributed by atoms with Gasteiger partial charge in [-0.2, -0.15) is 0 Å². The van der Waals surface area contributed by atoms with E-state index in [4.69, 9.17) is 11.6 Å². The lowest BCUT2D eigenvalue weighted by Crippen LogP contribution is -2.28. The summed E-state index contributed by atoms with van der Waals surface area (Å²) in [6.07, 6.45) is -0.546. The first-order valence-electron chi connectivity index (χ1n) is 11.6. The Kier molecular flexibility index (Phi) is 5.67. The number of likely N-dealkylation sites (tertiary alicyclic amines) is 1. The lowest BCUT2D eigenvalue weighted by Gasteiger charge is -2.27. The Morgan fingerprint density at radius 3 is 2.72 bits per heavy atom. The summed E-state index contributed by atoms with van der Waals surface area (Å²) in [5.74, 6) is -0.384. The Hall–Kier alpha value is -2.79. The van der Waals surface area contributed by atoms with E-state index >= 15 is 0 Å². The van der Waals surface area contributed by atoms with Gasteiger partial charge in [-0.25, -0.2) is 4.98 Å². The maximum atomic E-state index is 13.4. The molecule has 0 spiro atoms. The number of anilines is 1. The highest BCUT2D eigenvalue weighted by Gasteiger charge is 2.53. The Bertz CT molecular complexity index is 1330. The molecule has 1 saturated heterocycles. The fraction of sp³-hybridized carbons (Fsp3) is 0.360. The average Bonchev–Trinajstić information content (AvgIpc) is 3.16. The van der Waals surface area contributed by atoms with Gasteiger partial charge < -0.3 is 19.9 Å². The van der Waals surface area contributed by atoms with E-state index in [-0.39, 0.29) is 23.4 Å². The molecule has 0 unspecified atom stereocenters. The second-order valence-corrected chi connectivity index (χ2v) is 10.8. The predicted molar refractivity (Wildman–Crippen MR) is 130 cm³/mol. The number of halogens is 3. The molecule has 0 bridgehead atoms. The van der Waals surface area contributed by atoms with Crippen molar-refractivity contribution in [2.45, 2.75) is 43.1 Å². The number of aliphatic hydroxyl groups excluding tert-OH is 1.